The molecule has 0 spiro atoms. The number of hydrogen-bond acceptors (Lipinski definition) is 6. The van der Waals surface area contributed by atoms with Crippen LogP contribution in [0.4, 0.5) is 10.7 Å². The molecule has 0 saturated carbocycles. The van der Waals surface area contributed by atoms with Gasteiger partial charge in [0, 0.05) is 31.7 Å². The van der Waals surface area contributed by atoms with Gasteiger partial charge in [-0.15, -0.1) is 0 Å². The largest absolute Gasteiger partial charge is 0.497 e. The number of carbonyl (C=O) groups is 1. The van der Waals surface area contributed by atoms with E-state index in [1.807, 2.05) is 24.3 Å². The van der Waals surface area contributed by atoms with E-state index in [2.05, 4.69) is 30.6 Å². The third-order valence-corrected chi connectivity index (χ3v) is 4.26. The van der Waals surface area contributed by atoms with Crippen molar-refractivity contribution in [1.82, 2.24) is 30.2 Å². The van der Waals surface area contributed by atoms with Gasteiger partial charge in [-0.25, -0.2) is 14.8 Å². The molecule has 0 bridgehead atoms. The van der Waals surface area contributed by atoms with E-state index in [-0.39, 0.29) is 6.03 Å². The molecule has 0 aliphatic carbocycles. The Hall–Kier alpha value is -3.36. The lowest BCUT2D eigenvalue weighted by atomic mass is 10.1. The van der Waals surface area contributed by atoms with Crippen LogP contribution in [0.5, 0.6) is 5.75 Å². The number of benzene rings is 1. The van der Waals surface area contributed by atoms with Gasteiger partial charge in [0.2, 0.25) is 5.95 Å². The highest BCUT2D eigenvalue weighted by molar-refractivity contribution is 5.88. The van der Waals surface area contributed by atoms with E-state index in [1.165, 1.54) is 0 Å². The SMILES string of the molecule is COc1ccc(-c2nc(NCCN3CCNC3=O)nc3nc[nH]c23)cc1. The second-order valence-electron chi connectivity index (χ2n) is 5.87. The van der Waals surface area contributed by atoms with Crippen LogP contribution in [0.3, 0.4) is 0 Å². The van der Waals surface area contributed by atoms with Crippen molar-refractivity contribution in [2.45, 2.75) is 0 Å². The van der Waals surface area contributed by atoms with Gasteiger partial charge >= 0.3 is 6.03 Å². The lowest BCUT2D eigenvalue weighted by Gasteiger charge is -2.14. The molecule has 9 nitrogen and oxygen atoms in total. The number of amides is 2. The van der Waals surface area contributed by atoms with E-state index >= 15 is 0 Å². The van der Waals surface area contributed by atoms with Crippen LogP contribution in [0.15, 0.2) is 30.6 Å². The summed E-state index contributed by atoms with van der Waals surface area (Å²) in [4.78, 5) is 29.7. The number of nitrogens with one attached hydrogen (secondary N) is 3. The van der Waals surface area contributed by atoms with Crippen LogP contribution >= 0.6 is 0 Å². The van der Waals surface area contributed by atoms with Crippen molar-refractivity contribution < 1.29 is 9.53 Å². The van der Waals surface area contributed by atoms with Crippen LogP contribution in [0.2, 0.25) is 0 Å². The highest BCUT2D eigenvalue weighted by atomic mass is 16.5. The van der Waals surface area contributed by atoms with Gasteiger partial charge in [0.25, 0.3) is 0 Å². The fourth-order valence-electron chi connectivity index (χ4n) is 2.90. The number of anilines is 1. The van der Waals surface area contributed by atoms with E-state index in [0.717, 1.165) is 29.1 Å². The molecule has 3 aromatic rings. The topological polar surface area (TPSA) is 108 Å². The molecular formula is C17H19N7O2. The molecule has 4 rings (SSSR count). The lowest BCUT2D eigenvalue weighted by molar-refractivity contribution is 0.219. The van der Waals surface area contributed by atoms with Crippen molar-refractivity contribution in [2.75, 3.05) is 38.6 Å². The zero-order valence-electron chi connectivity index (χ0n) is 14.3. The van der Waals surface area contributed by atoms with Crippen molar-refractivity contribution in [3.8, 4) is 17.0 Å². The van der Waals surface area contributed by atoms with Gasteiger partial charge in [-0.1, -0.05) is 0 Å². The zero-order chi connectivity index (χ0) is 17.9. The van der Waals surface area contributed by atoms with Gasteiger partial charge in [0.05, 0.1) is 13.4 Å². The smallest absolute Gasteiger partial charge is 0.317 e. The summed E-state index contributed by atoms with van der Waals surface area (Å²) in [6, 6.07) is 7.63. The summed E-state index contributed by atoms with van der Waals surface area (Å²) in [5.41, 5.74) is 3.06. The molecule has 2 aromatic heterocycles. The predicted octanol–water partition coefficient (Wildman–Crippen LogP) is 1.47. The molecule has 1 aliphatic rings. The van der Waals surface area contributed by atoms with E-state index in [0.29, 0.717) is 31.2 Å². The lowest BCUT2D eigenvalue weighted by Crippen LogP contribution is -2.32. The van der Waals surface area contributed by atoms with E-state index in [4.69, 9.17) is 4.74 Å². The molecule has 1 aromatic carbocycles. The number of H-pyrrole nitrogens is 1. The first-order chi connectivity index (χ1) is 12.7. The first-order valence-electron chi connectivity index (χ1n) is 8.37. The third kappa shape index (κ3) is 3.10. The number of carbonyl (C=O) groups excluding carboxylic acids is 1. The normalized spacial score (nSPS) is 13.9. The van der Waals surface area contributed by atoms with Crippen LogP contribution in [-0.4, -0.2) is 64.2 Å². The van der Waals surface area contributed by atoms with Crippen LogP contribution < -0.4 is 15.4 Å². The Morgan fingerprint density at radius 3 is 2.85 bits per heavy atom. The summed E-state index contributed by atoms with van der Waals surface area (Å²) in [6.07, 6.45) is 1.60. The Labute approximate surface area is 149 Å². The van der Waals surface area contributed by atoms with Crippen molar-refractivity contribution in [3.63, 3.8) is 0 Å². The average Bonchev–Trinajstić information content (AvgIpc) is 3.30. The molecule has 0 atom stereocenters. The van der Waals surface area contributed by atoms with Gasteiger partial charge < -0.3 is 25.3 Å². The van der Waals surface area contributed by atoms with Gasteiger partial charge in [-0.2, -0.15) is 4.98 Å². The summed E-state index contributed by atoms with van der Waals surface area (Å²) < 4.78 is 5.21. The molecule has 1 fully saturated rings. The maximum Gasteiger partial charge on any atom is 0.317 e. The van der Waals surface area contributed by atoms with E-state index < -0.39 is 0 Å². The summed E-state index contributed by atoms with van der Waals surface area (Å²) in [6.45, 7) is 2.56. The van der Waals surface area contributed by atoms with Crippen molar-refractivity contribution >= 4 is 23.1 Å². The van der Waals surface area contributed by atoms with Crippen LogP contribution in [0.25, 0.3) is 22.4 Å². The van der Waals surface area contributed by atoms with Crippen molar-refractivity contribution in [3.05, 3.63) is 30.6 Å². The van der Waals surface area contributed by atoms with Crippen molar-refractivity contribution in [2.24, 2.45) is 0 Å². The van der Waals surface area contributed by atoms with Gasteiger partial charge in [0.15, 0.2) is 5.65 Å². The minimum Gasteiger partial charge on any atom is -0.497 e. The maximum atomic E-state index is 11.6. The number of imidazole rings is 1. The molecule has 3 heterocycles. The summed E-state index contributed by atoms with van der Waals surface area (Å²) in [5.74, 6) is 1.26. The minimum absolute atomic E-state index is 0.0330. The van der Waals surface area contributed by atoms with Crippen LogP contribution in [-0.2, 0) is 0 Å². The maximum absolute atomic E-state index is 11.6. The highest BCUT2D eigenvalue weighted by Gasteiger charge is 2.18. The first kappa shape index (κ1) is 16.1. The molecule has 134 valence electrons. The predicted molar refractivity (Wildman–Crippen MR) is 97.1 cm³/mol. The fourth-order valence-corrected chi connectivity index (χ4v) is 2.90. The second kappa shape index (κ2) is 6.87. The van der Waals surface area contributed by atoms with Gasteiger partial charge in [-0.3, -0.25) is 0 Å². The number of urea groups is 1. The number of rotatable bonds is 6. The third-order valence-electron chi connectivity index (χ3n) is 4.26. The van der Waals surface area contributed by atoms with Gasteiger partial charge in [0.1, 0.15) is 17.0 Å². The summed E-state index contributed by atoms with van der Waals surface area (Å²) in [5, 5.41) is 5.97. The molecule has 9 heteroatoms. The molecule has 1 aliphatic heterocycles. The quantitative estimate of drug-likeness (QED) is 0.619. The number of ether oxygens (including phenoxy) is 1. The highest BCUT2D eigenvalue weighted by Crippen LogP contribution is 2.26. The van der Waals surface area contributed by atoms with Crippen LogP contribution in [0, 0.1) is 0 Å². The molecule has 0 radical (unpaired) electrons. The fraction of sp³-hybridized carbons (Fsp3) is 0.294. The van der Waals surface area contributed by atoms with Crippen molar-refractivity contribution in [1.29, 1.82) is 0 Å². The second-order valence-corrected chi connectivity index (χ2v) is 5.87. The number of aromatic amines is 1. The summed E-state index contributed by atoms with van der Waals surface area (Å²) >= 11 is 0. The number of methoxy groups -OCH3 is 1. The molecule has 26 heavy (non-hydrogen) atoms. The standard InChI is InChI=1S/C17H19N7O2/c1-26-12-4-2-11(3-5-12)13-14-15(21-10-20-14)23-16(22-13)18-6-8-24-9-7-19-17(24)25/h2-5,10H,6-9H2,1H3,(H,19,25)(H2,18,20,21,22,23). The van der Waals surface area contributed by atoms with E-state index in [1.54, 1.807) is 18.3 Å². The molecule has 0 unspecified atom stereocenters. The Morgan fingerprint density at radius 1 is 1.27 bits per heavy atom. The monoisotopic (exact) mass is 353 g/mol. The Kier molecular flexibility index (Phi) is 4.26. The van der Waals surface area contributed by atoms with Crippen LogP contribution in [0.1, 0.15) is 0 Å². The number of hydrogen-bond donors (Lipinski definition) is 3. The molecule has 3 N–H and O–H groups in total. The zero-order valence-corrected chi connectivity index (χ0v) is 14.3. The number of fused-ring (bicyclic) bond motifs is 1. The Morgan fingerprint density at radius 2 is 2.12 bits per heavy atom. The molecular weight excluding hydrogens is 334 g/mol. The first-order valence-corrected chi connectivity index (χ1v) is 8.37. The Bertz CT molecular complexity index is 923. The van der Waals surface area contributed by atoms with Gasteiger partial charge in [-0.05, 0) is 24.3 Å². The number of aromatic nitrogens is 4. The Balaban J connectivity index is 1.56. The minimum atomic E-state index is -0.0330. The molecule has 1 saturated heterocycles. The molecule has 2 amide bonds. The summed E-state index contributed by atoms with van der Waals surface area (Å²) in [7, 11) is 1.63. The number of nitrogens with zero attached hydrogens (tertiary/aromatic N) is 4. The van der Waals surface area contributed by atoms with E-state index in [9.17, 15) is 4.79 Å². The average molecular weight is 353 g/mol.